The fourth-order valence-corrected chi connectivity index (χ4v) is 1.94. The van der Waals surface area contributed by atoms with Crippen LogP contribution in [0.4, 0.5) is 0 Å². The van der Waals surface area contributed by atoms with Crippen LogP contribution in [-0.2, 0) is 18.9 Å². The summed E-state index contributed by atoms with van der Waals surface area (Å²) in [4.78, 5) is 23.5. The van der Waals surface area contributed by atoms with E-state index in [1.807, 2.05) is 0 Å². The van der Waals surface area contributed by atoms with E-state index in [0.717, 1.165) is 0 Å². The Morgan fingerprint density at radius 3 is 2.05 bits per heavy atom. The Hall–Kier alpha value is -1.44. The summed E-state index contributed by atoms with van der Waals surface area (Å²) in [6.07, 6.45) is 0. The van der Waals surface area contributed by atoms with E-state index in [0.29, 0.717) is 28.8 Å². The summed E-state index contributed by atoms with van der Waals surface area (Å²) in [5.41, 5.74) is 0.672. The average Bonchev–Trinajstić information content (AvgIpc) is 2.47. The summed E-state index contributed by atoms with van der Waals surface area (Å²) < 4.78 is 20.0. The van der Waals surface area contributed by atoms with E-state index in [-0.39, 0.29) is 13.2 Å². The quantitative estimate of drug-likeness (QED) is 0.521. The molecule has 0 unspecified atom stereocenters. The molecule has 0 amide bonds. The highest BCUT2D eigenvalue weighted by Crippen LogP contribution is 2.20. The summed E-state index contributed by atoms with van der Waals surface area (Å²) >= 11 is 3.24. The second-order valence-corrected chi connectivity index (χ2v) is 4.81. The summed E-state index contributed by atoms with van der Waals surface area (Å²) in [5.74, 6) is -0.967. The zero-order valence-electron chi connectivity index (χ0n) is 11.9. The van der Waals surface area contributed by atoms with Crippen LogP contribution in [0.25, 0.3) is 0 Å². The van der Waals surface area contributed by atoms with Crippen LogP contribution in [0.1, 0.15) is 20.7 Å². The first kappa shape index (κ1) is 17.6. The average molecular weight is 361 g/mol. The molecule has 0 aliphatic carbocycles. The molecule has 0 radical (unpaired) electrons. The largest absolute Gasteiger partial charge is 0.460 e. The second-order valence-electron chi connectivity index (χ2n) is 3.95. The number of benzene rings is 1. The van der Waals surface area contributed by atoms with Gasteiger partial charge in [0.05, 0.1) is 24.3 Å². The van der Waals surface area contributed by atoms with Crippen LogP contribution in [0.15, 0.2) is 22.7 Å². The van der Waals surface area contributed by atoms with Crippen molar-refractivity contribution in [1.82, 2.24) is 0 Å². The molecule has 0 atom stereocenters. The molecule has 0 fully saturated rings. The molecule has 0 spiro atoms. The Bertz CT molecular complexity index is 488. The van der Waals surface area contributed by atoms with E-state index in [4.69, 9.17) is 18.9 Å². The number of halogens is 1. The third-order valence-electron chi connectivity index (χ3n) is 2.47. The van der Waals surface area contributed by atoms with Crippen molar-refractivity contribution >= 4 is 27.9 Å². The Balaban J connectivity index is 2.66. The number of carbonyl (C=O) groups is 2. The van der Waals surface area contributed by atoms with Gasteiger partial charge in [0.25, 0.3) is 0 Å². The number of hydrogen-bond acceptors (Lipinski definition) is 6. The number of esters is 2. The molecule has 0 saturated carbocycles. The van der Waals surface area contributed by atoms with Crippen molar-refractivity contribution in [3.63, 3.8) is 0 Å². The number of rotatable bonds is 8. The van der Waals surface area contributed by atoms with Crippen molar-refractivity contribution in [3.05, 3.63) is 33.8 Å². The molecule has 0 N–H and O–H groups in total. The van der Waals surface area contributed by atoms with Crippen molar-refractivity contribution in [3.8, 4) is 0 Å². The van der Waals surface area contributed by atoms with Crippen LogP contribution in [0.3, 0.4) is 0 Å². The van der Waals surface area contributed by atoms with Gasteiger partial charge in [-0.15, -0.1) is 0 Å². The van der Waals surface area contributed by atoms with Gasteiger partial charge in [-0.2, -0.15) is 0 Å². The fraction of sp³-hybridized carbons (Fsp3) is 0.429. The summed E-state index contributed by atoms with van der Waals surface area (Å²) in [7, 11) is 3.04. The molecule has 0 aromatic heterocycles. The molecule has 1 rings (SSSR count). The zero-order chi connectivity index (χ0) is 15.7. The highest BCUT2D eigenvalue weighted by atomic mass is 79.9. The summed E-state index contributed by atoms with van der Waals surface area (Å²) in [5, 5.41) is 0. The van der Waals surface area contributed by atoms with Crippen LogP contribution in [0.2, 0.25) is 0 Å². The Morgan fingerprint density at radius 2 is 1.52 bits per heavy atom. The van der Waals surface area contributed by atoms with Crippen LogP contribution in [-0.4, -0.2) is 52.6 Å². The van der Waals surface area contributed by atoms with Crippen molar-refractivity contribution in [1.29, 1.82) is 0 Å². The first-order valence-electron chi connectivity index (χ1n) is 6.21. The topological polar surface area (TPSA) is 71.1 Å². The first-order chi connectivity index (χ1) is 10.1. The molecule has 0 saturated heterocycles. The van der Waals surface area contributed by atoms with Gasteiger partial charge in [0.1, 0.15) is 13.2 Å². The van der Waals surface area contributed by atoms with Crippen LogP contribution < -0.4 is 0 Å². The lowest BCUT2D eigenvalue weighted by molar-refractivity contribution is 0.0375. The molecule has 6 nitrogen and oxygen atoms in total. The first-order valence-corrected chi connectivity index (χ1v) is 7.01. The highest BCUT2D eigenvalue weighted by Gasteiger charge is 2.15. The molecule has 7 heteroatoms. The maximum absolute atomic E-state index is 11.8. The van der Waals surface area contributed by atoms with Gasteiger partial charge in [0, 0.05) is 18.7 Å². The molecular weight excluding hydrogens is 344 g/mol. The van der Waals surface area contributed by atoms with Crippen LogP contribution in [0.5, 0.6) is 0 Å². The van der Waals surface area contributed by atoms with E-state index in [9.17, 15) is 9.59 Å². The Morgan fingerprint density at radius 1 is 0.952 bits per heavy atom. The van der Waals surface area contributed by atoms with Crippen molar-refractivity contribution in [2.24, 2.45) is 0 Å². The minimum Gasteiger partial charge on any atom is -0.460 e. The van der Waals surface area contributed by atoms with E-state index < -0.39 is 11.9 Å². The molecule has 21 heavy (non-hydrogen) atoms. The monoisotopic (exact) mass is 360 g/mol. The normalized spacial score (nSPS) is 10.2. The van der Waals surface area contributed by atoms with Gasteiger partial charge in [-0.1, -0.05) is 0 Å². The number of ether oxygens (including phenoxy) is 4. The second kappa shape index (κ2) is 9.49. The number of hydrogen-bond donors (Lipinski definition) is 0. The van der Waals surface area contributed by atoms with E-state index in [1.54, 1.807) is 0 Å². The molecule has 1 aromatic rings. The van der Waals surface area contributed by atoms with E-state index in [1.165, 1.54) is 32.4 Å². The van der Waals surface area contributed by atoms with E-state index >= 15 is 0 Å². The summed E-state index contributed by atoms with van der Waals surface area (Å²) in [6.45, 7) is 1.00. The van der Waals surface area contributed by atoms with Crippen LogP contribution >= 0.6 is 15.9 Å². The van der Waals surface area contributed by atoms with Gasteiger partial charge in [-0.3, -0.25) is 0 Å². The van der Waals surface area contributed by atoms with Gasteiger partial charge in [0.2, 0.25) is 0 Å². The third kappa shape index (κ3) is 5.82. The van der Waals surface area contributed by atoms with Crippen molar-refractivity contribution in [2.75, 3.05) is 40.6 Å². The highest BCUT2D eigenvalue weighted by molar-refractivity contribution is 9.10. The van der Waals surface area contributed by atoms with Crippen molar-refractivity contribution < 1.29 is 28.5 Å². The molecule has 0 aliphatic heterocycles. The fourth-order valence-electron chi connectivity index (χ4n) is 1.40. The third-order valence-corrected chi connectivity index (χ3v) is 3.12. The standard InChI is InChI=1S/C14H17BrO6/c1-18-5-7-20-13(16)10-3-4-11(12(15)9-10)14(17)21-8-6-19-2/h3-4,9H,5-8H2,1-2H3. The van der Waals surface area contributed by atoms with Crippen molar-refractivity contribution in [2.45, 2.75) is 0 Å². The molecule has 0 heterocycles. The minimum absolute atomic E-state index is 0.169. The zero-order valence-corrected chi connectivity index (χ0v) is 13.5. The number of carbonyl (C=O) groups excluding carboxylic acids is 2. The molecular formula is C14H17BrO6. The van der Waals surface area contributed by atoms with Gasteiger partial charge in [-0.05, 0) is 34.1 Å². The smallest absolute Gasteiger partial charge is 0.339 e. The maximum Gasteiger partial charge on any atom is 0.339 e. The van der Waals surface area contributed by atoms with Crippen LogP contribution in [0, 0.1) is 0 Å². The van der Waals surface area contributed by atoms with Gasteiger partial charge in [-0.25, -0.2) is 9.59 Å². The van der Waals surface area contributed by atoms with Gasteiger partial charge < -0.3 is 18.9 Å². The van der Waals surface area contributed by atoms with Gasteiger partial charge >= 0.3 is 11.9 Å². The van der Waals surface area contributed by atoms with Gasteiger partial charge in [0.15, 0.2) is 0 Å². The SMILES string of the molecule is COCCOC(=O)c1ccc(C(=O)OCCOC)c(Br)c1. The molecule has 116 valence electrons. The lowest BCUT2D eigenvalue weighted by Gasteiger charge is -2.08. The van der Waals surface area contributed by atoms with E-state index in [2.05, 4.69) is 15.9 Å². The summed E-state index contributed by atoms with van der Waals surface area (Å²) in [6, 6.07) is 4.53. The molecule has 1 aromatic carbocycles. The predicted molar refractivity (Wildman–Crippen MR) is 78.5 cm³/mol. The molecule has 0 bridgehead atoms. The number of methoxy groups -OCH3 is 2. The lowest BCUT2D eigenvalue weighted by Crippen LogP contribution is -2.12. The lowest BCUT2D eigenvalue weighted by atomic mass is 10.1. The predicted octanol–water partition coefficient (Wildman–Crippen LogP) is 2.06. The minimum atomic E-state index is -0.488. The Labute approximate surface area is 131 Å². The maximum atomic E-state index is 11.8. The Kier molecular flexibility index (Phi) is 7.96. The molecule has 0 aliphatic rings.